The van der Waals surface area contributed by atoms with Crippen molar-refractivity contribution in [1.82, 2.24) is 10.2 Å². The molecular weight excluding hydrogens is 264 g/mol. The molecule has 0 unspecified atom stereocenters. The fourth-order valence-electron chi connectivity index (χ4n) is 3.34. The highest BCUT2D eigenvalue weighted by molar-refractivity contribution is 5.89. The highest BCUT2D eigenvalue weighted by atomic mass is 16.2. The van der Waals surface area contributed by atoms with Crippen molar-refractivity contribution in [3.8, 4) is 6.07 Å². The number of amides is 2. The average molecular weight is 284 g/mol. The van der Waals surface area contributed by atoms with Crippen LogP contribution >= 0.6 is 0 Å². The Morgan fingerprint density at radius 3 is 2.81 bits per heavy atom. The van der Waals surface area contributed by atoms with E-state index in [1.807, 2.05) is 0 Å². The van der Waals surface area contributed by atoms with Crippen LogP contribution in [-0.2, 0) is 0 Å². The Balaban J connectivity index is 1.50. The second-order valence-electron chi connectivity index (χ2n) is 5.84. The summed E-state index contributed by atoms with van der Waals surface area (Å²) in [6.45, 7) is 2.31. The largest absolute Gasteiger partial charge is 0.335 e. The van der Waals surface area contributed by atoms with E-state index in [9.17, 15) is 4.79 Å². The van der Waals surface area contributed by atoms with Gasteiger partial charge < -0.3 is 15.5 Å². The summed E-state index contributed by atoms with van der Waals surface area (Å²) in [5, 5.41) is 14.6. The Morgan fingerprint density at radius 1 is 1.24 bits per heavy atom. The quantitative estimate of drug-likeness (QED) is 0.875. The van der Waals surface area contributed by atoms with Gasteiger partial charge >= 0.3 is 6.03 Å². The van der Waals surface area contributed by atoms with Gasteiger partial charge in [-0.15, -0.1) is 0 Å². The van der Waals surface area contributed by atoms with Crippen molar-refractivity contribution in [2.24, 2.45) is 0 Å². The number of hydrogen-bond acceptors (Lipinski definition) is 3. The van der Waals surface area contributed by atoms with Gasteiger partial charge in [-0.3, -0.25) is 0 Å². The van der Waals surface area contributed by atoms with E-state index in [1.54, 1.807) is 24.3 Å². The van der Waals surface area contributed by atoms with Gasteiger partial charge in [-0.25, -0.2) is 4.79 Å². The van der Waals surface area contributed by atoms with E-state index in [2.05, 4.69) is 21.6 Å². The van der Waals surface area contributed by atoms with Crippen LogP contribution < -0.4 is 10.6 Å². The van der Waals surface area contributed by atoms with Gasteiger partial charge in [-0.1, -0.05) is 0 Å². The lowest BCUT2D eigenvalue weighted by atomic mass is 9.98. The van der Waals surface area contributed by atoms with Crippen LogP contribution in [0.3, 0.4) is 0 Å². The zero-order chi connectivity index (χ0) is 14.7. The number of anilines is 1. The third kappa shape index (κ3) is 3.34. The summed E-state index contributed by atoms with van der Waals surface area (Å²) in [5.41, 5.74) is 1.30. The summed E-state index contributed by atoms with van der Waals surface area (Å²) in [6.07, 6.45) is 4.63. The number of nitrogens with one attached hydrogen (secondary N) is 2. The lowest BCUT2D eigenvalue weighted by Crippen LogP contribution is -2.48. The molecule has 0 radical (unpaired) electrons. The lowest BCUT2D eigenvalue weighted by molar-refractivity contribution is 0.168. The Hall–Kier alpha value is -2.06. The molecular formula is C16H20N4O. The van der Waals surface area contributed by atoms with Crippen molar-refractivity contribution in [2.45, 2.75) is 37.8 Å². The summed E-state index contributed by atoms with van der Waals surface area (Å²) in [7, 11) is 0. The van der Waals surface area contributed by atoms with Crippen LogP contribution in [0.25, 0.3) is 0 Å². The zero-order valence-electron chi connectivity index (χ0n) is 12.0. The van der Waals surface area contributed by atoms with Gasteiger partial charge in [0.05, 0.1) is 11.6 Å². The van der Waals surface area contributed by atoms with Gasteiger partial charge in [-0.2, -0.15) is 5.26 Å². The molecule has 1 aromatic carbocycles. The van der Waals surface area contributed by atoms with E-state index in [4.69, 9.17) is 5.26 Å². The molecule has 2 aliphatic rings. The maximum atomic E-state index is 12.0. The second kappa shape index (κ2) is 6.15. The number of benzene rings is 1. The van der Waals surface area contributed by atoms with Crippen molar-refractivity contribution in [2.75, 3.05) is 18.4 Å². The predicted molar refractivity (Wildman–Crippen MR) is 80.9 cm³/mol. The number of carbonyl (C=O) groups is 1. The van der Waals surface area contributed by atoms with E-state index in [-0.39, 0.29) is 12.1 Å². The van der Waals surface area contributed by atoms with Crippen LogP contribution in [0.5, 0.6) is 0 Å². The van der Waals surface area contributed by atoms with Crippen molar-refractivity contribution >= 4 is 11.7 Å². The van der Waals surface area contributed by atoms with Crippen LogP contribution in [0, 0.1) is 11.3 Å². The van der Waals surface area contributed by atoms with Gasteiger partial charge in [-0.05, 0) is 56.5 Å². The molecule has 0 spiro atoms. The number of hydrogen-bond donors (Lipinski definition) is 2. The molecule has 2 amide bonds. The lowest BCUT2D eigenvalue weighted by Gasteiger charge is -2.35. The smallest absolute Gasteiger partial charge is 0.319 e. The number of carbonyl (C=O) groups excluding carboxylic acids is 1. The number of rotatable bonds is 2. The van der Waals surface area contributed by atoms with E-state index in [1.165, 1.54) is 19.4 Å². The van der Waals surface area contributed by atoms with Crippen molar-refractivity contribution in [3.05, 3.63) is 29.8 Å². The highest BCUT2D eigenvalue weighted by Crippen LogP contribution is 2.26. The fraction of sp³-hybridized carbons (Fsp3) is 0.500. The van der Waals surface area contributed by atoms with E-state index in [0.717, 1.165) is 19.4 Å². The minimum absolute atomic E-state index is 0.156. The first-order valence-corrected chi connectivity index (χ1v) is 7.56. The molecule has 2 heterocycles. The molecule has 1 aromatic rings. The molecule has 5 nitrogen and oxygen atoms in total. The Morgan fingerprint density at radius 2 is 2.05 bits per heavy atom. The Bertz CT molecular complexity index is 548. The fourth-order valence-corrected chi connectivity index (χ4v) is 3.34. The maximum absolute atomic E-state index is 12.0. The first kappa shape index (κ1) is 13.9. The maximum Gasteiger partial charge on any atom is 0.319 e. The van der Waals surface area contributed by atoms with Crippen LogP contribution in [-0.4, -0.2) is 36.1 Å². The number of nitriles is 1. The number of urea groups is 1. The van der Waals surface area contributed by atoms with Crippen LogP contribution in [0.4, 0.5) is 10.5 Å². The number of piperidine rings is 1. The van der Waals surface area contributed by atoms with Crippen molar-refractivity contribution in [1.29, 1.82) is 5.26 Å². The van der Waals surface area contributed by atoms with E-state index < -0.39 is 0 Å². The summed E-state index contributed by atoms with van der Waals surface area (Å²) < 4.78 is 0. The molecule has 0 saturated carbocycles. The minimum Gasteiger partial charge on any atom is -0.335 e. The normalized spacial score (nSPS) is 24.9. The summed E-state index contributed by atoms with van der Waals surface area (Å²) >= 11 is 0. The molecule has 21 heavy (non-hydrogen) atoms. The molecule has 110 valence electrons. The third-order valence-corrected chi connectivity index (χ3v) is 4.43. The van der Waals surface area contributed by atoms with Crippen molar-refractivity contribution in [3.63, 3.8) is 0 Å². The molecule has 2 atom stereocenters. The summed E-state index contributed by atoms with van der Waals surface area (Å²) in [4.78, 5) is 14.6. The van der Waals surface area contributed by atoms with Crippen LogP contribution in [0.2, 0.25) is 0 Å². The van der Waals surface area contributed by atoms with Gasteiger partial charge in [0.25, 0.3) is 0 Å². The standard InChI is InChI=1S/C16H20N4O/c17-11-12-3-5-13(6-4-12)18-16(21)19-14-7-9-20-8-1-2-15(20)10-14/h3-6,14-15H,1-2,7-10H2,(H2,18,19,21)/t14-,15-/m1/s1. The Kier molecular flexibility index (Phi) is 4.07. The van der Waals surface area contributed by atoms with Gasteiger partial charge in [0.1, 0.15) is 0 Å². The second-order valence-corrected chi connectivity index (χ2v) is 5.84. The summed E-state index contributed by atoms with van der Waals surface area (Å²) in [6, 6.07) is 9.72. The predicted octanol–water partition coefficient (Wildman–Crippen LogP) is 2.31. The Labute approximate surface area is 124 Å². The SMILES string of the molecule is N#Cc1ccc(NC(=O)N[C@@H]2CCN3CCC[C@@H]3C2)cc1. The van der Waals surface area contributed by atoms with Crippen LogP contribution in [0.1, 0.15) is 31.2 Å². The highest BCUT2D eigenvalue weighted by Gasteiger charge is 2.32. The molecule has 2 saturated heterocycles. The minimum atomic E-state index is -0.156. The topological polar surface area (TPSA) is 68.2 Å². The number of fused-ring (bicyclic) bond motifs is 1. The molecule has 0 aromatic heterocycles. The van der Waals surface area contributed by atoms with Gasteiger partial charge in [0, 0.05) is 24.3 Å². The first-order valence-electron chi connectivity index (χ1n) is 7.56. The van der Waals surface area contributed by atoms with Gasteiger partial charge in [0.2, 0.25) is 0 Å². The molecule has 0 bridgehead atoms. The molecule has 2 N–H and O–H groups in total. The van der Waals surface area contributed by atoms with Gasteiger partial charge in [0.15, 0.2) is 0 Å². The molecule has 5 heteroatoms. The molecule has 3 rings (SSSR count). The third-order valence-electron chi connectivity index (χ3n) is 4.43. The average Bonchev–Trinajstić information content (AvgIpc) is 2.95. The summed E-state index contributed by atoms with van der Waals surface area (Å²) in [5.74, 6) is 0. The zero-order valence-corrected chi connectivity index (χ0v) is 12.0. The monoisotopic (exact) mass is 284 g/mol. The van der Waals surface area contributed by atoms with E-state index in [0.29, 0.717) is 17.3 Å². The molecule has 0 aliphatic carbocycles. The molecule has 2 fully saturated rings. The van der Waals surface area contributed by atoms with Crippen molar-refractivity contribution < 1.29 is 4.79 Å². The van der Waals surface area contributed by atoms with Crippen LogP contribution in [0.15, 0.2) is 24.3 Å². The van der Waals surface area contributed by atoms with E-state index >= 15 is 0 Å². The number of nitrogens with zero attached hydrogens (tertiary/aromatic N) is 2. The molecule has 2 aliphatic heterocycles. The first-order chi connectivity index (χ1) is 10.2.